The third kappa shape index (κ3) is 3.86. The third-order valence-electron chi connectivity index (χ3n) is 3.34. The van der Waals surface area contributed by atoms with Gasteiger partial charge in [-0.25, -0.2) is 4.79 Å². The molecule has 0 unspecified atom stereocenters. The van der Waals surface area contributed by atoms with Crippen molar-refractivity contribution in [3.8, 4) is 5.75 Å². The van der Waals surface area contributed by atoms with E-state index in [0.29, 0.717) is 12.4 Å². The number of carbonyl (C=O) groups is 1. The average Bonchev–Trinajstić information content (AvgIpc) is 2.87. The van der Waals surface area contributed by atoms with Gasteiger partial charge in [0, 0.05) is 18.3 Å². The number of hydrogen-bond donors (Lipinski definition) is 2. The highest BCUT2D eigenvalue weighted by Gasteiger charge is 2.11. The van der Waals surface area contributed by atoms with Gasteiger partial charge in [0.1, 0.15) is 5.75 Å². The molecule has 5 heteroatoms. The van der Waals surface area contributed by atoms with Crippen LogP contribution in [0.2, 0.25) is 0 Å². The van der Waals surface area contributed by atoms with Gasteiger partial charge < -0.3 is 20.5 Å². The number of carboxylic acid groups (broad SMARTS) is 1. The van der Waals surface area contributed by atoms with Gasteiger partial charge in [-0.1, -0.05) is 0 Å². The Morgan fingerprint density at radius 3 is 2.74 bits per heavy atom. The molecule has 0 amide bonds. The van der Waals surface area contributed by atoms with Crippen LogP contribution in [-0.4, -0.2) is 42.2 Å². The summed E-state index contributed by atoms with van der Waals surface area (Å²) in [5.41, 5.74) is 6.01. The minimum Gasteiger partial charge on any atom is -0.493 e. The summed E-state index contributed by atoms with van der Waals surface area (Å²) in [6.07, 6.45) is 3.57. The fourth-order valence-corrected chi connectivity index (χ4v) is 2.31. The van der Waals surface area contributed by atoms with Crippen molar-refractivity contribution in [2.45, 2.75) is 19.3 Å². The maximum Gasteiger partial charge on any atom is 0.337 e. The first-order chi connectivity index (χ1) is 9.16. The summed E-state index contributed by atoms with van der Waals surface area (Å²) >= 11 is 0. The zero-order valence-electron chi connectivity index (χ0n) is 11.0. The number of benzene rings is 1. The largest absolute Gasteiger partial charge is 0.493 e. The van der Waals surface area contributed by atoms with E-state index in [0.717, 1.165) is 13.0 Å². The van der Waals surface area contributed by atoms with Crippen molar-refractivity contribution in [2.24, 2.45) is 0 Å². The van der Waals surface area contributed by atoms with Crippen molar-refractivity contribution in [1.82, 2.24) is 4.90 Å². The van der Waals surface area contributed by atoms with Gasteiger partial charge in [-0.2, -0.15) is 0 Å². The van der Waals surface area contributed by atoms with E-state index in [2.05, 4.69) is 4.90 Å². The van der Waals surface area contributed by atoms with E-state index >= 15 is 0 Å². The minimum atomic E-state index is -1.02. The monoisotopic (exact) mass is 264 g/mol. The van der Waals surface area contributed by atoms with Gasteiger partial charge >= 0.3 is 5.97 Å². The number of rotatable bonds is 6. The summed E-state index contributed by atoms with van der Waals surface area (Å²) < 4.78 is 5.58. The Labute approximate surface area is 113 Å². The predicted octanol–water partition coefficient (Wildman–Crippen LogP) is 1.83. The van der Waals surface area contributed by atoms with E-state index in [4.69, 9.17) is 15.6 Å². The lowest BCUT2D eigenvalue weighted by molar-refractivity contribution is 0.0698. The van der Waals surface area contributed by atoms with Crippen molar-refractivity contribution >= 4 is 11.7 Å². The van der Waals surface area contributed by atoms with Crippen LogP contribution in [0.15, 0.2) is 18.2 Å². The Balaban J connectivity index is 1.76. The number of aromatic carboxylic acids is 1. The second-order valence-corrected chi connectivity index (χ2v) is 4.80. The summed E-state index contributed by atoms with van der Waals surface area (Å²) in [5, 5.41) is 8.87. The first kappa shape index (κ1) is 13.7. The number of carboxylic acids is 1. The Kier molecular flexibility index (Phi) is 4.63. The van der Waals surface area contributed by atoms with E-state index < -0.39 is 5.97 Å². The number of hydrogen-bond acceptors (Lipinski definition) is 4. The number of likely N-dealkylation sites (tertiary alicyclic amines) is 1. The highest BCUT2D eigenvalue weighted by Crippen LogP contribution is 2.20. The molecule has 0 aliphatic carbocycles. The van der Waals surface area contributed by atoms with Gasteiger partial charge in [0.15, 0.2) is 0 Å². The van der Waals surface area contributed by atoms with Crippen LogP contribution < -0.4 is 10.5 Å². The molecule has 0 atom stereocenters. The van der Waals surface area contributed by atoms with Gasteiger partial charge in [0.2, 0.25) is 0 Å². The van der Waals surface area contributed by atoms with Crippen molar-refractivity contribution in [1.29, 1.82) is 0 Å². The highest BCUT2D eigenvalue weighted by molar-refractivity contribution is 5.93. The highest BCUT2D eigenvalue weighted by atomic mass is 16.5. The molecular formula is C14H20N2O3. The molecule has 1 saturated heterocycles. The molecule has 1 aliphatic heterocycles. The van der Waals surface area contributed by atoms with Crippen LogP contribution in [0.1, 0.15) is 29.6 Å². The number of nitrogens with two attached hydrogens (primary N) is 1. The van der Waals surface area contributed by atoms with Crippen LogP contribution in [0.25, 0.3) is 0 Å². The molecule has 1 heterocycles. The van der Waals surface area contributed by atoms with Crippen molar-refractivity contribution in [3.05, 3.63) is 23.8 Å². The molecule has 1 aromatic carbocycles. The first-order valence-corrected chi connectivity index (χ1v) is 6.65. The number of anilines is 1. The second-order valence-electron chi connectivity index (χ2n) is 4.80. The zero-order valence-corrected chi connectivity index (χ0v) is 11.0. The normalized spacial score (nSPS) is 15.6. The number of nitrogen functional groups attached to an aromatic ring is 1. The quantitative estimate of drug-likeness (QED) is 0.605. The topological polar surface area (TPSA) is 75.8 Å². The van der Waals surface area contributed by atoms with E-state index in [1.54, 1.807) is 12.1 Å². The van der Waals surface area contributed by atoms with Crippen LogP contribution in [0.4, 0.5) is 5.69 Å². The van der Waals surface area contributed by atoms with E-state index in [-0.39, 0.29) is 11.3 Å². The molecule has 0 radical (unpaired) electrons. The fourth-order valence-electron chi connectivity index (χ4n) is 2.31. The summed E-state index contributed by atoms with van der Waals surface area (Å²) in [7, 11) is 0. The molecule has 0 aromatic heterocycles. The van der Waals surface area contributed by atoms with Crippen LogP contribution in [0.5, 0.6) is 5.75 Å². The van der Waals surface area contributed by atoms with Gasteiger partial charge in [-0.3, -0.25) is 0 Å². The molecule has 19 heavy (non-hydrogen) atoms. The van der Waals surface area contributed by atoms with Crippen LogP contribution in [0, 0.1) is 0 Å². The van der Waals surface area contributed by atoms with Crippen LogP contribution in [-0.2, 0) is 0 Å². The van der Waals surface area contributed by atoms with E-state index in [1.807, 2.05) is 0 Å². The Bertz CT molecular complexity index is 442. The fraction of sp³-hybridized carbons (Fsp3) is 0.500. The summed E-state index contributed by atoms with van der Waals surface area (Å²) in [4.78, 5) is 13.2. The lowest BCUT2D eigenvalue weighted by atomic mass is 10.2. The molecule has 1 aromatic rings. The van der Waals surface area contributed by atoms with Gasteiger partial charge in [-0.05, 0) is 44.5 Å². The molecule has 2 rings (SSSR count). The lowest BCUT2D eigenvalue weighted by Crippen LogP contribution is -2.21. The number of nitrogens with zero attached hydrogens (tertiary/aromatic N) is 1. The molecule has 5 nitrogen and oxygen atoms in total. The zero-order chi connectivity index (χ0) is 13.7. The first-order valence-electron chi connectivity index (χ1n) is 6.65. The molecule has 104 valence electrons. The third-order valence-corrected chi connectivity index (χ3v) is 3.34. The Morgan fingerprint density at radius 1 is 1.37 bits per heavy atom. The Morgan fingerprint density at radius 2 is 2.11 bits per heavy atom. The van der Waals surface area contributed by atoms with Crippen molar-refractivity contribution in [2.75, 3.05) is 32.0 Å². The standard InChI is InChI=1S/C14H20N2O3/c15-13-10-11(4-5-12(13)14(17)18)19-9-3-8-16-6-1-2-7-16/h4-5,10H,1-3,6-9,15H2,(H,17,18). The predicted molar refractivity (Wildman–Crippen MR) is 73.6 cm³/mol. The average molecular weight is 264 g/mol. The van der Waals surface area contributed by atoms with Crippen molar-refractivity contribution in [3.63, 3.8) is 0 Å². The molecule has 1 aliphatic rings. The minimum absolute atomic E-state index is 0.115. The van der Waals surface area contributed by atoms with Crippen LogP contribution in [0.3, 0.4) is 0 Å². The van der Waals surface area contributed by atoms with E-state index in [1.165, 1.54) is 32.0 Å². The lowest BCUT2D eigenvalue weighted by Gasteiger charge is -2.14. The molecule has 3 N–H and O–H groups in total. The SMILES string of the molecule is Nc1cc(OCCCN2CCCC2)ccc1C(=O)O. The molecule has 1 fully saturated rings. The molecule has 0 bridgehead atoms. The Hall–Kier alpha value is -1.75. The summed E-state index contributed by atoms with van der Waals surface area (Å²) in [6.45, 7) is 4.07. The van der Waals surface area contributed by atoms with Gasteiger partial charge in [0.05, 0.1) is 12.2 Å². The molecule has 0 spiro atoms. The summed E-state index contributed by atoms with van der Waals surface area (Å²) in [6, 6.07) is 4.70. The molecular weight excluding hydrogens is 244 g/mol. The maximum atomic E-state index is 10.8. The molecule has 0 saturated carbocycles. The maximum absolute atomic E-state index is 10.8. The number of ether oxygens (including phenoxy) is 1. The van der Waals surface area contributed by atoms with Gasteiger partial charge in [-0.15, -0.1) is 0 Å². The van der Waals surface area contributed by atoms with Gasteiger partial charge in [0.25, 0.3) is 0 Å². The van der Waals surface area contributed by atoms with Crippen molar-refractivity contribution < 1.29 is 14.6 Å². The van der Waals surface area contributed by atoms with Crippen LogP contribution >= 0.6 is 0 Å². The second kappa shape index (κ2) is 6.43. The summed E-state index contributed by atoms with van der Waals surface area (Å²) in [5.74, 6) is -0.387. The smallest absolute Gasteiger partial charge is 0.337 e. The van der Waals surface area contributed by atoms with E-state index in [9.17, 15) is 4.79 Å².